The van der Waals surface area contributed by atoms with Gasteiger partial charge < -0.3 is 10.1 Å². The molecule has 0 saturated heterocycles. The lowest BCUT2D eigenvalue weighted by Gasteiger charge is -2.14. The van der Waals surface area contributed by atoms with Gasteiger partial charge in [-0.1, -0.05) is 59.3 Å². The lowest BCUT2D eigenvalue weighted by atomic mass is 10.2. The Morgan fingerprint density at radius 3 is 2.56 bits per heavy atom. The van der Waals surface area contributed by atoms with Crippen molar-refractivity contribution in [2.75, 3.05) is 7.11 Å². The highest BCUT2D eigenvalue weighted by Crippen LogP contribution is 2.29. The Bertz CT molecular complexity index is 1300. The predicted molar refractivity (Wildman–Crippen MR) is 136 cm³/mol. The van der Waals surface area contributed by atoms with Gasteiger partial charge in [0.2, 0.25) is 0 Å². The molecule has 0 aliphatic heterocycles. The molecule has 0 fully saturated rings. The van der Waals surface area contributed by atoms with E-state index in [4.69, 9.17) is 16.3 Å². The molecule has 1 heterocycles. The number of nitrogens with zero attached hydrogens (tertiary/aromatic N) is 3. The molecular weight excluding hydrogens is 468 g/mol. The van der Waals surface area contributed by atoms with Crippen molar-refractivity contribution >= 4 is 29.3 Å². The van der Waals surface area contributed by atoms with Crippen molar-refractivity contribution in [3.63, 3.8) is 0 Å². The van der Waals surface area contributed by atoms with Crippen molar-refractivity contribution in [2.24, 2.45) is 0 Å². The lowest BCUT2D eigenvalue weighted by molar-refractivity contribution is 0.0949. The van der Waals surface area contributed by atoms with Gasteiger partial charge in [0.05, 0.1) is 19.3 Å². The number of halogens is 1. The first-order chi connectivity index (χ1) is 16.5. The Labute approximate surface area is 208 Å². The van der Waals surface area contributed by atoms with Crippen molar-refractivity contribution in [2.45, 2.75) is 31.3 Å². The molecule has 1 amide bonds. The van der Waals surface area contributed by atoms with Crippen LogP contribution in [0.25, 0.3) is 5.69 Å². The Kier molecular flexibility index (Phi) is 7.55. The van der Waals surface area contributed by atoms with Crippen molar-refractivity contribution in [3.8, 4) is 11.4 Å². The van der Waals surface area contributed by atoms with E-state index < -0.39 is 0 Å². The molecule has 0 bridgehead atoms. The highest BCUT2D eigenvalue weighted by molar-refractivity contribution is 7.98. The van der Waals surface area contributed by atoms with Gasteiger partial charge in [-0.3, -0.25) is 9.36 Å². The number of ether oxygens (including phenoxy) is 1. The molecule has 0 saturated carbocycles. The summed E-state index contributed by atoms with van der Waals surface area (Å²) < 4.78 is 7.13. The average molecular weight is 493 g/mol. The normalized spacial score (nSPS) is 10.8. The fraction of sp³-hybridized carbons (Fsp3) is 0.192. The van der Waals surface area contributed by atoms with Crippen LogP contribution >= 0.6 is 23.4 Å². The van der Waals surface area contributed by atoms with E-state index in [9.17, 15) is 4.79 Å². The van der Waals surface area contributed by atoms with Gasteiger partial charge in [-0.25, -0.2) is 0 Å². The van der Waals surface area contributed by atoms with Crippen LogP contribution in [0.3, 0.4) is 0 Å². The van der Waals surface area contributed by atoms with Crippen LogP contribution in [0.1, 0.15) is 32.9 Å². The van der Waals surface area contributed by atoms with E-state index >= 15 is 0 Å². The molecule has 0 atom stereocenters. The number of thioether (sulfide) groups is 1. The summed E-state index contributed by atoms with van der Waals surface area (Å²) in [7, 11) is 1.59. The zero-order chi connectivity index (χ0) is 24.1. The highest BCUT2D eigenvalue weighted by atomic mass is 35.5. The smallest absolute Gasteiger partial charge is 0.251 e. The SMILES string of the molecule is COc1ccc(C(=O)NCc2nnc(SCc3cccc(C)c3)n2-c2cccc(Cl)c2C)cc1. The van der Waals surface area contributed by atoms with Crippen LogP contribution in [0.2, 0.25) is 5.02 Å². The first-order valence-corrected chi connectivity index (χ1v) is 12.1. The van der Waals surface area contributed by atoms with Gasteiger partial charge >= 0.3 is 0 Å². The van der Waals surface area contributed by atoms with Crippen LogP contribution in [0.4, 0.5) is 0 Å². The third-order valence-electron chi connectivity index (χ3n) is 5.39. The van der Waals surface area contributed by atoms with E-state index in [0.717, 1.165) is 22.2 Å². The third-order valence-corrected chi connectivity index (χ3v) is 6.80. The number of amides is 1. The van der Waals surface area contributed by atoms with Gasteiger partial charge in [0.15, 0.2) is 11.0 Å². The second-order valence-electron chi connectivity index (χ2n) is 7.81. The minimum Gasteiger partial charge on any atom is -0.497 e. The van der Waals surface area contributed by atoms with E-state index in [1.807, 2.05) is 29.7 Å². The molecule has 0 radical (unpaired) electrons. The van der Waals surface area contributed by atoms with E-state index in [-0.39, 0.29) is 12.5 Å². The van der Waals surface area contributed by atoms with Gasteiger partial charge in [0, 0.05) is 16.3 Å². The topological polar surface area (TPSA) is 69.0 Å². The van der Waals surface area contributed by atoms with Crippen LogP contribution < -0.4 is 10.1 Å². The molecular formula is C26H25ClN4O2S. The summed E-state index contributed by atoms with van der Waals surface area (Å²) in [6.07, 6.45) is 0. The second-order valence-corrected chi connectivity index (χ2v) is 9.16. The maximum atomic E-state index is 12.7. The number of rotatable bonds is 8. The third kappa shape index (κ3) is 5.43. The van der Waals surface area contributed by atoms with Crippen LogP contribution in [-0.2, 0) is 12.3 Å². The number of carbonyl (C=O) groups is 1. The van der Waals surface area contributed by atoms with E-state index in [1.165, 1.54) is 11.1 Å². The maximum Gasteiger partial charge on any atom is 0.251 e. The molecule has 4 aromatic rings. The summed E-state index contributed by atoms with van der Waals surface area (Å²) in [5.74, 6) is 1.87. The van der Waals surface area contributed by atoms with Crippen molar-refractivity contribution in [1.82, 2.24) is 20.1 Å². The molecule has 34 heavy (non-hydrogen) atoms. The minimum atomic E-state index is -0.200. The number of benzene rings is 3. The summed E-state index contributed by atoms with van der Waals surface area (Å²) in [6.45, 7) is 4.26. The lowest BCUT2D eigenvalue weighted by Crippen LogP contribution is -2.24. The Balaban J connectivity index is 1.59. The molecule has 0 spiro atoms. The number of hydrogen-bond acceptors (Lipinski definition) is 5. The molecule has 0 aliphatic carbocycles. The maximum absolute atomic E-state index is 12.7. The van der Waals surface area contributed by atoms with Crippen molar-refractivity contribution < 1.29 is 9.53 Å². The summed E-state index contributed by atoms with van der Waals surface area (Å²) in [5.41, 5.74) is 4.77. The summed E-state index contributed by atoms with van der Waals surface area (Å²) in [6, 6.07) is 21.1. The van der Waals surface area contributed by atoms with Crippen LogP contribution in [0, 0.1) is 13.8 Å². The Hall–Kier alpha value is -3.29. The van der Waals surface area contributed by atoms with Crippen molar-refractivity contribution in [3.05, 3.63) is 99.8 Å². The van der Waals surface area contributed by atoms with Crippen LogP contribution in [-0.4, -0.2) is 27.8 Å². The average Bonchev–Trinajstić information content (AvgIpc) is 3.25. The van der Waals surface area contributed by atoms with Gasteiger partial charge in [0.1, 0.15) is 5.75 Å². The number of methoxy groups -OCH3 is 1. The van der Waals surface area contributed by atoms with Gasteiger partial charge in [-0.15, -0.1) is 10.2 Å². The number of carbonyl (C=O) groups excluding carboxylic acids is 1. The zero-order valence-electron chi connectivity index (χ0n) is 19.2. The van der Waals surface area contributed by atoms with E-state index in [1.54, 1.807) is 43.1 Å². The summed E-state index contributed by atoms with van der Waals surface area (Å²) in [4.78, 5) is 12.7. The molecule has 1 aromatic heterocycles. The van der Waals surface area contributed by atoms with Crippen molar-refractivity contribution in [1.29, 1.82) is 0 Å². The predicted octanol–water partition coefficient (Wildman–Crippen LogP) is 5.77. The summed E-state index contributed by atoms with van der Waals surface area (Å²) in [5, 5.41) is 13.2. The molecule has 0 aliphatic rings. The molecule has 6 nitrogen and oxygen atoms in total. The monoisotopic (exact) mass is 492 g/mol. The molecule has 174 valence electrons. The first kappa shape index (κ1) is 23.9. The molecule has 3 aromatic carbocycles. The number of aryl methyl sites for hydroxylation is 1. The highest BCUT2D eigenvalue weighted by Gasteiger charge is 2.18. The largest absolute Gasteiger partial charge is 0.497 e. The fourth-order valence-electron chi connectivity index (χ4n) is 3.54. The quantitative estimate of drug-likeness (QED) is 0.316. The molecule has 4 rings (SSSR count). The fourth-order valence-corrected chi connectivity index (χ4v) is 4.62. The van der Waals surface area contributed by atoms with Crippen LogP contribution in [0.5, 0.6) is 5.75 Å². The standard InChI is InChI=1S/C26H25ClN4O2S/c1-17-6-4-7-19(14-17)16-34-26-30-29-24(31(26)23-9-5-8-22(27)18(23)2)15-28-25(32)20-10-12-21(33-3)13-11-20/h4-14H,15-16H2,1-3H3,(H,28,32). The van der Waals surface area contributed by atoms with Gasteiger partial charge in [-0.2, -0.15) is 0 Å². The first-order valence-electron chi connectivity index (χ1n) is 10.8. The van der Waals surface area contributed by atoms with E-state index in [0.29, 0.717) is 22.2 Å². The zero-order valence-corrected chi connectivity index (χ0v) is 20.8. The van der Waals surface area contributed by atoms with Gasteiger partial charge in [-0.05, 0) is 61.4 Å². The Morgan fingerprint density at radius 2 is 1.82 bits per heavy atom. The minimum absolute atomic E-state index is 0.200. The molecule has 1 N–H and O–H groups in total. The van der Waals surface area contributed by atoms with E-state index in [2.05, 4.69) is 46.7 Å². The number of hydrogen-bond donors (Lipinski definition) is 1. The number of nitrogens with one attached hydrogen (secondary N) is 1. The molecule has 8 heteroatoms. The second kappa shape index (κ2) is 10.8. The van der Waals surface area contributed by atoms with Crippen LogP contribution in [0.15, 0.2) is 71.9 Å². The van der Waals surface area contributed by atoms with Gasteiger partial charge in [0.25, 0.3) is 5.91 Å². The Morgan fingerprint density at radius 1 is 1.06 bits per heavy atom. The number of aromatic nitrogens is 3. The summed E-state index contributed by atoms with van der Waals surface area (Å²) >= 11 is 8.01. The molecule has 0 unspecified atom stereocenters.